The van der Waals surface area contributed by atoms with Crippen molar-refractivity contribution in [3.63, 3.8) is 0 Å². The predicted molar refractivity (Wildman–Crippen MR) is 156 cm³/mol. The first-order valence-corrected chi connectivity index (χ1v) is 14.6. The molecule has 0 aromatic heterocycles. The number of nitrogens with one attached hydrogen (secondary N) is 1. The van der Waals surface area contributed by atoms with E-state index in [1.807, 2.05) is 91.0 Å². The highest BCUT2D eigenvalue weighted by Gasteiger charge is 2.55. The van der Waals surface area contributed by atoms with Crippen molar-refractivity contribution in [2.75, 3.05) is 6.61 Å². The molecule has 1 heterocycles. The molecule has 218 valence electrons. The lowest BCUT2D eigenvalue weighted by Gasteiger charge is -2.50. The highest BCUT2D eigenvalue weighted by Crippen LogP contribution is 2.40. The van der Waals surface area contributed by atoms with E-state index in [1.54, 1.807) is 0 Å². The molecular weight excluding hydrogens is 518 g/mol. The number of amides is 1. The van der Waals surface area contributed by atoms with Crippen LogP contribution in [0, 0.1) is 0 Å². The number of carbonyl (C=O) groups excluding carboxylic acids is 1. The maximum Gasteiger partial charge on any atom is 0.217 e. The van der Waals surface area contributed by atoms with Crippen molar-refractivity contribution in [1.82, 2.24) is 5.32 Å². The van der Waals surface area contributed by atoms with Gasteiger partial charge >= 0.3 is 0 Å². The highest BCUT2D eigenvalue weighted by atomic mass is 16.6. The number of benzene rings is 3. The minimum Gasteiger partial charge on any atom is -0.387 e. The van der Waals surface area contributed by atoms with E-state index in [4.69, 9.17) is 18.9 Å². The molecular formula is C34H41NO6. The molecule has 2 aliphatic rings. The van der Waals surface area contributed by atoms with Gasteiger partial charge in [0, 0.05) is 6.92 Å². The van der Waals surface area contributed by atoms with Crippen LogP contribution in [0.5, 0.6) is 0 Å². The molecule has 2 fully saturated rings. The molecule has 5 rings (SSSR count). The second-order valence-electron chi connectivity index (χ2n) is 11.2. The van der Waals surface area contributed by atoms with Gasteiger partial charge < -0.3 is 29.4 Å². The van der Waals surface area contributed by atoms with E-state index >= 15 is 0 Å². The van der Waals surface area contributed by atoms with Crippen LogP contribution in [-0.4, -0.2) is 53.7 Å². The van der Waals surface area contributed by atoms with Gasteiger partial charge in [-0.1, -0.05) is 104 Å². The second kappa shape index (κ2) is 14.2. The van der Waals surface area contributed by atoms with Crippen LogP contribution in [-0.2, 0) is 43.6 Å². The quantitative estimate of drug-likeness (QED) is 0.327. The molecule has 0 spiro atoms. The van der Waals surface area contributed by atoms with Crippen LogP contribution < -0.4 is 5.32 Å². The summed E-state index contributed by atoms with van der Waals surface area (Å²) in [6, 6.07) is 29.3. The summed E-state index contributed by atoms with van der Waals surface area (Å²) in [6.45, 7) is 2.83. The van der Waals surface area contributed by atoms with Crippen LogP contribution in [0.2, 0.25) is 0 Å². The zero-order valence-electron chi connectivity index (χ0n) is 23.7. The molecule has 1 saturated carbocycles. The van der Waals surface area contributed by atoms with E-state index in [0.29, 0.717) is 32.7 Å². The third kappa shape index (κ3) is 7.82. The summed E-state index contributed by atoms with van der Waals surface area (Å²) in [4.78, 5) is 12.5. The van der Waals surface area contributed by atoms with Crippen LogP contribution in [0.4, 0.5) is 0 Å². The summed E-state index contributed by atoms with van der Waals surface area (Å²) in [6.07, 6.45) is 0.672. The number of hydrogen-bond acceptors (Lipinski definition) is 6. The molecule has 0 unspecified atom stereocenters. The summed E-state index contributed by atoms with van der Waals surface area (Å²) >= 11 is 0. The fraction of sp³-hybridized carbons (Fsp3) is 0.441. The lowest BCUT2D eigenvalue weighted by molar-refractivity contribution is -0.263. The molecule has 1 aliphatic heterocycles. The van der Waals surface area contributed by atoms with Gasteiger partial charge in [-0.3, -0.25) is 4.79 Å². The van der Waals surface area contributed by atoms with Crippen LogP contribution in [0.15, 0.2) is 91.0 Å². The number of carbonyl (C=O) groups is 1. The first-order valence-electron chi connectivity index (χ1n) is 14.6. The summed E-state index contributed by atoms with van der Waals surface area (Å²) in [5, 5.41) is 14.9. The minimum atomic E-state index is -1.08. The molecule has 41 heavy (non-hydrogen) atoms. The molecule has 0 bridgehead atoms. The van der Waals surface area contributed by atoms with Crippen LogP contribution in [0.3, 0.4) is 0 Å². The lowest BCUT2D eigenvalue weighted by atomic mass is 9.81. The monoisotopic (exact) mass is 559 g/mol. The fourth-order valence-electron chi connectivity index (χ4n) is 6.00. The van der Waals surface area contributed by atoms with E-state index in [-0.39, 0.29) is 12.5 Å². The topological polar surface area (TPSA) is 86.3 Å². The van der Waals surface area contributed by atoms with Crippen molar-refractivity contribution < 1.29 is 28.8 Å². The van der Waals surface area contributed by atoms with Crippen molar-refractivity contribution in [2.24, 2.45) is 0 Å². The van der Waals surface area contributed by atoms with Crippen molar-refractivity contribution in [1.29, 1.82) is 0 Å². The van der Waals surface area contributed by atoms with Crippen LogP contribution in [0.1, 0.15) is 49.3 Å². The molecule has 3 aromatic carbocycles. The lowest BCUT2D eigenvalue weighted by Crippen LogP contribution is -2.70. The summed E-state index contributed by atoms with van der Waals surface area (Å²) in [7, 11) is 0. The minimum absolute atomic E-state index is 0.209. The smallest absolute Gasteiger partial charge is 0.217 e. The zero-order valence-corrected chi connectivity index (χ0v) is 23.7. The second-order valence-corrected chi connectivity index (χ2v) is 11.2. The third-order valence-electron chi connectivity index (χ3n) is 8.02. The van der Waals surface area contributed by atoms with Gasteiger partial charge in [0.05, 0.1) is 38.1 Å². The predicted octanol–water partition coefficient (Wildman–Crippen LogP) is 4.95. The third-order valence-corrected chi connectivity index (χ3v) is 8.02. The molecule has 1 saturated heterocycles. The van der Waals surface area contributed by atoms with Gasteiger partial charge in [0.2, 0.25) is 5.91 Å². The van der Waals surface area contributed by atoms with E-state index in [1.165, 1.54) is 6.92 Å². The molecule has 7 nitrogen and oxygen atoms in total. The Morgan fingerprint density at radius 2 is 1.29 bits per heavy atom. The Morgan fingerprint density at radius 3 is 1.80 bits per heavy atom. The Kier molecular flexibility index (Phi) is 10.2. The van der Waals surface area contributed by atoms with Crippen LogP contribution >= 0.6 is 0 Å². The Labute approximate surface area is 242 Å². The number of hydrogen-bond donors (Lipinski definition) is 2. The van der Waals surface area contributed by atoms with Crippen molar-refractivity contribution in [3.8, 4) is 0 Å². The highest BCUT2D eigenvalue weighted by molar-refractivity contribution is 5.73. The fourth-order valence-corrected chi connectivity index (χ4v) is 6.00. The van der Waals surface area contributed by atoms with Gasteiger partial charge in [-0.15, -0.1) is 0 Å². The standard InChI is InChI=1S/C34H41NO6/c1-25(36)35-30-32(40-23-28-17-9-4-10-18-28)31(39-22-27-15-7-3-8-16-27)29(24-38-21-26-13-5-2-6-14-26)41-33(30)34(37)19-11-12-20-34/h2-10,13-18,29-33,37H,11-12,19-24H2,1H3,(H,35,36)/t29-,30-,31+,32-,33+/m1/s1. The molecule has 0 radical (unpaired) electrons. The SMILES string of the molecule is CC(=O)N[C@@H]1[C@@H](OCc2ccccc2)[C@@H](OCc2ccccc2)[C@@H](COCc2ccccc2)O[C@@H]1C1(O)CCCC1. The Hall–Kier alpha value is -3.07. The average Bonchev–Trinajstić information content (AvgIpc) is 3.44. The van der Waals surface area contributed by atoms with Gasteiger partial charge in [0.25, 0.3) is 0 Å². The van der Waals surface area contributed by atoms with E-state index in [2.05, 4.69) is 5.32 Å². The van der Waals surface area contributed by atoms with Gasteiger partial charge in [-0.2, -0.15) is 0 Å². The van der Waals surface area contributed by atoms with Gasteiger partial charge in [-0.25, -0.2) is 0 Å². The van der Waals surface area contributed by atoms with E-state index < -0.39 is 36.1 Å². The normalized spacial score (nSPS) is 25.6. The average molecular weight is 560 g/mol. The van der Waals surface area contributed by atoms with Gasteiger partial charge in [0.1, 0.15) is 24.4 Å². The van der Waals surface area contributed by atoms with Crippen LogP contribution in [0.25, 0.3) is 0 Å². The summed E-state index contributed by atoms with van der Waals surface area (Å²) < 4.78 is 26.1. The van der Waals surface area contributed by atoms with Gasteiger partial charge in [0.15, 0.2) is 0 Å². The van der Waals surface area contributed by atoms with Gasteiger partial charge in [-0.05, 0) is 29.5 Å². The van der Waals surface area contributed by atoms with E-state index in [9.17, 15) is 9.90 Å². The van der Waals surface area contributed by atoms with E-state index in [0.717, 1.165) is 29.5 Å². The number of ether oxygens (including phenoxy) is 4. The van der Waals surface area contributed by atoms with Crippen molar-refractivity contribution >= 4 is 5.91 Å². The zero-order chi connectivity index (χ0) is 28.5. The number of aliphatic hydroxyl groups is 1. The Bertz CT molecular complexity index is 1200. The summed E-state index contributed by atoms with van der Waals surface area (Å²) in [5.41, 5.74) is 2.01. The van der Waals surface area contributed by atoms with Crippen molar-refractivity contribution in [3.05, 3.63) is 108 Å². The maximum absolute atomic E-state index is 12.5. The first kappa shape index (κ1) is 29.4. The molecule has 3 aromatic rings. The summed E-state index contributed by atoms with van der Waals surface area (Å²) in [5.74, 6) is -0.209. The molecule has 1 amide bonds. The first-order chi connectivity index (χ1) is 20.0. The molecule has 2 N–H and O–H groups in total. The largest absolute Gasteiger partial charge is 0.387 e. The molecule has 1 aliphatic carbocycles. The Balaban J connectivity index is 1.45. The number of rotatable bonds is 12. The molecule has 7 heteroatoms. The Morgan fingerprint density at radius 1 is 0.805 bits per heavy atom. The van der Waals surface area contributed by atoms with Crippen molar-refractivity contribution in [2.45, 2.75) is 88.5 Å². The maximum atomic E-state index is 12.5. The molecule has 5 atom stereocenters.